The summed E-state index contributed by atoms with van der Waals surface area (Å²) in [5.41, 5.74) is 6.67. The van der Waals surface area contributed by atoms with Crippen molar-refractivity contribution in [3.05, 3.63) is 84.9 Å². The summed E-state index contributed by atoms with van der Waals surface area (Å²) < 4.78 is 14.4. The van der Waals surface area contributed by atoms with Gasteiger partial charge in [0.15, 0.2) is 6.30 Å². The highest BCUT2D eigenvalue weighted by atomic mass is 19.1. The number of benzene rings is 3. The van der Waals surface area contributed by atoms with Crippen LogP contribution in [-0.4, -0.2) is 40.8 Å². The lowest BCUT2D eigenvalue weighted by Gasteiger charge is -2.20. The van der Waals surface area contributed by atoms with Gasteiger partial charge in [0.05, 0.1) is 11.0 Å². The Labute approximate surface area is 187 Å². The van der Waals surface area contributed by atoms with Gasteiger partial charge in [0, 0.05) is 17.8 Å². The number of imidazole rings is 1. The first-order chi connectivity index (χ1) is 15.7. The third-order valence-corrected chi connectivity index (χ3v) is 6.06. The number of fused-ring (bicyclic) bond motifs is 1. The first-order valence-electron chi connectivity index (χ1n) is 11.1. The molecule has 1 fully saturated rings. The maximum Gasteiger partial charge on any atom is 0.182 e. The SMILES string of the molecule is C=C(NC(F)CN1CCCC1)c1ccc(-c2ccccc2-c2nc3ccccc3[nH]2)cc1. The number of rotatable bonds is 7. The van der Waals surface area contributed by atoms with Crippen LogP contribution in [0.2, 0.25) is 0 Å². The van der Waals surface area contributed by atoms with Crippen molar-refractivity contribution >= 4 is 16.7 Å². The van der Waals surface area contributed by atoms with Crippen LogP contribution in [-0.2, 0) is 0 Å². The highest BCUT2D eigenvalue weighted by molar-refractivity contribution is 5.86. The Morgan fingerprint density at radius 2 is 1.66 bits per heavy atom. The van der Waals surface area contributed by atoms with Gasteiger partial charge in [-0.2, -0.15) is 0 Å². The second kappa shape index (κ2) is 8.97. The van der Waals surface area contributed by atoms with Crippen LogP contribution in [0.25, 0.3) is 39.2 Å². The highest BCUT2D eigenvalue weighted by Crippen LogP contribution is 2.32. The summed E-state index contributed by atoms with van der Waals surface area (Å²) in [4.78, 5) is 10.3. The van der Waals surface area contributed by atoms with Gasteiger partial charge in [-0.05, 0) is 54.8 Å². The number of hydrogen-bond donors (Lipinski definition) is 2. The zero-order chi connectivity index (χ0) is 21.9. The molecule has 1 aliphatic rings. The van der Waals surface area contributed by atoms with Gasteiger partial charge < -0.3 is 10.3 Å². The topological polar surface area (TPSA) is 44.0 Å². The summed E-state index contributed by atoms with van der Waals surface area (Å²) >= 11 is 0. The third kappa shape index (κ3) is 4.30. The minimum absolute atomic E-state index is 0.405. The Morgan fingerprint density at radius 3 is 2.41 bits per heavy atom. The van der Waals surface area contributed by atoms with E-state index in [9.17, 15) is 4.39 Å². The van der Waals surface area contributed by atoms with Crippen LogP contribution in [0.3, 0.4) is 0 Å². The molecule has 1 aromatic heterocycles. The van der Waals surface area contributed by atoms with Crippen molar-refractivity contribution in [1.29, 1.82) is 0 Å². The predicted molar refractivity (Wildman–Crippen MR) is 130 cm³/mol. The number of hydrogen-bond acceptors (Lipinski definition) is 3. The van der Waals surface area contributed by atoms with Crippen LogP contribution in [0.15, 0.2) is 79.4 Å². The Bertz CT molecular complexity index is 1190. The molecule has 5 heteroatoms. The van der Waals surface area contributed by atoms with Gasteiger partial charge >= 0.3 is 0 Å². The average molecular weight is 427 g/mol. The van der Waals surface area contributed by atoms with E-state index in [0.717, 1.165) is 65.0 Å². The number of likely N-dealkylation sites (tertiary alicyclic amines) is 1. The van der Waals surface area contributed by atoms with Crippen molar-refractivity contribution in [3.8, 4) is 22.5 Å². The van der Waals surface area contributed by atoms with Gasteiger partial charge in [-0.25, -0.2) is 9.37 Å². The second-order valence-electron chi connectivity index (χ2n) is 8.32. The van der Waals surface area contributed by atoms with E-state index in [4.69, 9.17) is 4.98 Å². The summed E-state index contributed by atoms with van der Waals surface area (Å²) in [5, 5.41) is 2.92. The van der Waals surface area contributed by atoms with Gasteiger partial charge in [0.2, 0.25) is 0 Å². The minimum atomic E-state index is -1.12. The Balaban J connectivity index is 1.34. The molecule has 1 unspecified atom stereocenters. The standard InChI is InChI=1S/C27H27FN4/c1-19(29-26(28)18-32-16-6-7-17-32)20-12-14-21(15-13-20)22-8-2-3-9-23(22)27-30-24-10-4-5-11-25(24)31-27/h2-5,8-15,26,29H,1,6-7,16-18H2,(H,30,31). The van der Waals surface area contributed by atoms with Gasteiger partial charge in [0.25, 0.3) is 0 Å². The van der Waals surface area contributed by atoms with Crippen LogP contribution in [0.1, 0.15) is 18.4 Å². The van der Waals surface area contributed by atoms with E-state index in [1.165, 1.54) is 0 Å². The zero-order valence-electron chi connectivity index (χ0n) is 18.0. The molecule has 5 rings (SSSR count). The summed E-state index contributed by atoms with van der Waals surface area (Å²) in [6.07, 6.45) is 1.20. The number of para-hydroxylation sites is 2. The van der Waals surface area contributed by atoms with E-state index < -0.39 is 6.30 Å². The lowest BCUT2D eigenvalue weighted by Crippen LogP contribution is -2.35. The molecular formula is C27H27FN4. The summed E-state index contributed by atoms with van der Waals surface area (Å²) in [6.45, 7) is 6.41. The molecule has 162 valence electrons. The molecular weight excluding hydrogens is 399 g/mol. The maximum atomic E-state index is 14.4. The lowest BCUT2D eigenvalue weighted by atomic mass is 9.98. The number of halogens is 1. The number of nitrogens with one attached hydrogen (secondary N) is 2. The monoisotopic (exact) mass is 426 g/mol. The molecule has 0 radical (unpaired) electrons. The molecule has 1 atom stereocenters. The van der Waals surface area contributed by atoms with E-state index in [1.54, 1.807) is 0 Å². The van der Waals surface area contributed by atoms with Gasteiger partial charge in [-0.15, -0.1) is 0 Å². The molecule has 0 amide bonds. The Morgan fingerprint density at radius 1 is 0.969 bits per heavy atom. The molecule has 1 saturated heterocycles. The van der Waals surface area contributed by atoms with Crippen molar-refractivity contribution in [3.63, 3.8) is 0 Å². The van der Waals surface area contributed by atoms with Crippen LogP contribution in [0.4, 0.5) is 4.39 Å². The summed E-state index contributed by atoms with van der Waals surface area (Å²) in [5.74, 6) is 0.846. The predicted octanol–water partition coefficient (Wildman–Crippen LogP) is 5.85. The van der Waals surface area contributed by atoms with Crippen molar-refractivity contribution in [2.75, 3.05) is 19.6 Å². The second-order valence-corrected chi connectivity index (χ2v) is 8.32. The molecule has 2 heterocycles. The van der Waals surface area contributed by atoms with Crippen molar-refractivity contribution < 1.29 is 4.39 Å². The normalized spacial score (nSPS) is 15.2. The summed E-state index contributed by atoms with van der Waals surface area (Å²) in [6, 6.07) is 24.3. The van der Waals surface area contributed by atoms with Crippen LogP contribution in [0.5, 0.6) is 0 Å². The lowest BCUT2D eigenvalue weighted by molar-refractivity contribution is 0.205. The molecule has 0 aliphatic carbocycles. The highest BCUT2D eigenvalue weighted by Gasteiger charge is 2.17. The molecule has 4 aromatic rings. The Hall–Kier alpha value is -3.44. The van der Waals surface area contributed by atoms with Crippen molar-refractivity contribution in [2.45, 2.75) is 19.1 Å². The van der Waals surface area contributed by atoms with Crippen LogP contribution in [0, 0.1) is 0 Å². The molecule has 0 bridgehead atoms. The number of aromatic amines is 1. The number of H-pyrrole nitrogens is 1. The molecule has 3 aromatic carbocycles. The van der Waals surface area contributed by atoms with Crippen molar-refractivity contribution in [1.82, 2.24) is 20.2 Å². The number of alkyl halides is 1. The molecule has 4 nitrogen and oxygen atoms in total. The summed E-state index contributed by atoms with van der Waals surface area (Å²) in [7, 11) is 0. The van der Waals surface area contributed by atoms with E-state index >= 15 is 0 Å². The van der Waals surface area contributed by atoms with E-state index in [0.29, 0.717) is 12.2 Å². The molecule has 32 heavy (non-hydrogen) atoms. The fraction of sp³-hybridized carbons (Fsp3) is 0.222. The van der Waals surface area contributed by atoms with Crippen molar-refractivity contribution in [2.24, 2.45) is 0 Å². The smallest absolute Gasteiger partial charge is 0.182 e. The number of nitrogens with zero attached hydrogens (tertiary/aromatic N) is 2. The molecule has 0 saturated carbocycles. The fourth-order valence-corrected chi connectivity index (χ4v) is 4.38. The van der Waals surface area contributed by atoms with Gasteiger partial charge in [0.1, 0.15) is 5.82 Å². The average Bonchev–Trinajstić information content (AvgIpc) is 3.49. The quantitative estimate of drug-likeness (QED) is 0.365. The zero-order valence-corrected chi connectivity index (χ0v) is 18.0. The molecule has 1 aliphatic heterocycles. The van der Waals surface area contributed by atoms with Crippen LogP contribution >= 0.6 is 0 Å². The molecule has 0 spiro atoms. The molecule has 2 N–H and O–H groups in total. The maximum absolute atomic E-state index is 14.4. The first kappa shape index (κ1) is 20.5. The first-order valence-corrected chi connectivity index (χ1v) is 11.1. The van der Waals surface area contributed by atoms with Gasteiger partial charge in [-0.1, -0.05) is 67.2 Å². The number of aromatic nitrogens is 2. The van der Waals surface area contributed by atoms with E-state index in [1.807, 2.05) is 48.5 Å². The van der Waals surface area contributed by atoms with E-state index in [2.05, 4.69) is 46.0 Å². The third-order valence-electron chi connectivity index (χ3n) is 6.06. The van der Waals surface area contributed by atoms with Crippen LogP contribution < -0.4 is 5.32 Å². The van der Waals surface area contributed by atoms with Gasteiger partial charge in [-0.3, -0.25) is 4.90 Å². The largest absolute Gasteiger partial charge is 0.355 e. The minimum Gasteiger partial charge on any atom is -0.355 e. The fourth-order valence-electron chi connectivity index (χ4n) is 4.38. The Kier molecular flexibility index (Phi) is 5.73. The van der Waals surface area contributed by atoms with E-state index in [-0.39, 0.29) is 0 Å².